The molecule has 0 fully saturated rings. The Kier molecular flexibility index (Phi) is 3.63. The highest BCUT2D eigenvalue weighted by Crippen LogP contribution is 2.42. The van der Waals surface area contributed by atoms with E-state index in [4.69, 9.17) is 14.2 Å². The third kappa shape index (κ3) is 2.24. The fourth-order valence-corrected chi connectivity index (χ4v) is 2.58. The van der Waals surface area contributed by atoms with Crippen molar-refractivity contribution in [3.8, 4) is 11.5 Å². The molecule has 0 bridgehead atoms. The number of carbonyl (C=O) groups is 1. The van der Waals surface area contributed by atoms with Crippen LogP contribution in [0.4, 0.5) is 5.69 Å². The van der Waals surface area contributed by atoms with Crippen molar-refractivity contribution >= 4 is 11.7 Å². The Morgan fingerprint density at radius 3 is 2.55 bits per heavy atom. The zero-order valence-corrected chi connectivity index (χ0v) is 12.7. The molecular weight excluding hydrogens is 282 g/mol. The monoisotopic (exact) mass is 299 g/mol. The predicted octanol–water partition coefficient (Wildman–Crippen LogP) is 3.29. The normalized spacial score (nSPS) is 16.0. The maximum Gasteiger partial charge on any atom is 0.344 e. The molecule has 2 aromatic carbocycles. The van der Waals surface area contributed by atoms with Crippen molar-refractivity contribution in [2.75, 3.05) is 19.5 Å². The average molecular weight is 299 g/mol. The number of rotatable bonds is 4. The van der Waals surface area contributed by atoms with Gasteiger partial charge in [-0.2, -0.15) is 0 Å². The summed E-state index contributed by atoms with van der Waals surface area (Å²) in [5.41, 5.74) is 3.15. The van der Waals surface area contributed by atoms with E-state index in [9.17, 15) is 4.79 Å². The lowest BCUT2D eigenvalue weighted by Gasteiger charge is -2.16. The van der Waals surface area contributed by atoms with Crippen LogP contribution in [0.5, 0.6) is 11.5 Å². The lowest BCUT2D eigenvalue weighted by atomic mass is 10.1. The van der Waals surface area contributed by atoms with Crippen molar-refractivity contribution in [3.05, 3.63) is 53.1 Å². The molecule has 22 heavy (non-hydrogen) atoms. The van der Waals surface area contributed by atoms with E-state index in [2.05, 4.69) is 5.32 Å². The maximum atomic E-state index is 12.2. The second-order valence-corrected chi connectivity index (χ2v) is 5.01. The second kappa shape index (κ2) is 5.60. The van der Waals surface area contributed by atoms with E-state index in [-0.39, 0.29) is 0 Å². The highest BCUT2D eigenvalue weighted by Gasteiger charge is 2.35. The number of carbonyl (C=O) groups excluding carboxylic acids is 1. The molecule has 3 rings (SSSR count). The van der Waals surface area contributed by atoms with Crippen LogP contribution in [0.25, 0.3) is 0 Å². The van der Waals surface area contributed by atoms with E-state index in [0.29, 0.717) is 17.1 Å². The van der Waals surface area contributed by atoms with E-state index >= 15 is 0 Å². The Morgan fingerprint density at radius 1 is 1.09 bits per heavy atom. The van der Waals surface area contributed by atoms with Gasteiger partial charge >= 0.3 is 5.97 Å². The zero-order valence-electron chi connectivity index (χ0n) is 12.7. The molecule has 5 heteroatoms. The second-order valence-electron chi connectivity index (χ2n) is 5.01. The number of ether oxygens (including phenoxy) is 3. The van der Waals surface area contributed by atoms with Crippen LogP contribution in [-0.4, -0.2) is 20.2 Å². The van der Waals surface area contributed by atoms with Crippen LogP contribution in [0.2, 0.25) is 0 Å². The van der Waals surface area contributed by atoms with Crippen LogP contribution < -0.4 is 14.8 Å². The molecule has 1 heterocycles. The van der Waals surface area contributed by atoms with Crippen molar-refractivity contribution in [1.29, 1.82) is 0 Å². The number of fused-ring (bicyclic) bond motifs is 1. The molecular formula is C17H17NO4. The van der Waals surface area contributed by atoms with Crippen LogP contribution in [0.1, 0.15) is 27.7 Å². The van der Waals surface area contributed by atoms with Gasteiger partial charge in [-0.1, -0.05) is 18.2 Å². The highest BCUT2D eigenvalue weighted by atomic mass is 16.6. The molecule has 2 aromatic rings. The molecule has 0 spiro atoms. The Balaban J connectivity index is 2.00. The number of anilines is 1. The molecule has 0 saturated heterocycles. The highest BCUT2D eigenvalue weighted by molar-refractivity contribution is 5.98. The molecule has 0 aliphatic carbocycles. The number of methoxy groups -OCH3 is 2. The molecule has 1 atom stereocenters. The molecule has 1 aliphatic heterocycles. The Hall–Kier alpha value is -2.69. The minimum atomic E-state index is -0.539. The van der Waals surface area contributed by atoms with E-state index in [0.717, 1.165) is 16.8 Å². The van der Waals surface area contributed by atoms with Gasteiger partial charge in [0.15, 0.2) is 11.5 Å². The van der Waals surface area contributed by atoms with Crippen LogP contribution >= 0.6 is 0 Å². The van der Waals surface area contributed by atoms with Gasteiger partial charge in [-0.05, 0) is 30.7 Å². The summed E-state index contributed by atoms with van der Waals surface area (Å²) in [6.07, 6.45) is -0.539. The SMILES string of the molecule is COc1ccc2c(c1OC)C(=O)O[C@H]2Nc1ccccc1C. The van der Waals surface area contributed by atoms with Crippen LogP contribution in [0, 0.1) is 6.92 Å². The summed E-state index contributed by atoms with van der Waals surface area (Å²) in [6.45, 7) is 1.99. The first-order chi connectivity index (χ1) is 10.7. The number of nitrogens with one attached hydrogen (secondary N) is 1. The standard InChI is InChI=1S/C17H17NO4/c1-10-6-4-5-7-12(10)18-16-11-8-9-13(20-2)15(21-3)14(11)17(19)22-16/h4-9,16,18H,1-3H3/t16-/m1/s1. The molecule has 0 saturated carbocycles. The molecule has 0 aromatic heterocycles. The van der Waals surface area contributed by atoms with Gasteiger partial charge in [-0.25, -0.2) is 4.79 Å². The van der Waals surface area contributed by atoms with Gasteiger partial charge < -0.3 is 19.5 Å². The zero-order chi connectivity index (χ0) is 15.7. The first kappa shape index (κ1) is 14.3. The number of hydrogen-bond donors (Lipinski definition) is 1. The van der Waals surface area contributed by atoms with Crippen molar-refractivity contribution in [2.45, 2.75) is 13.2 Å². The van der Waals surface area contributed by atoms with Gasteiger partial charge in [0.05, 0.1) is 14.2 Å². The molecule has 0 amide bonds. The van der Waals surface area contributed by atoms with Crippen molar-refractivity contribution < 1.29 is 19.0 Å². The first-order valence-electron chi connectivity index (χ1n) is 6.93. The molecule has 5 nitrogen and oxygen atoms in total. The van der Waals surface area contributed by atoms with Gasteiger partial charge in [0.1, 0.15) is 5.56 Å². The smallest absolute Gasteiger partial charge is 0.344 e. The van der Waals surface area contributed by atoms with Crippen LogP contribution in [0.3, 0.4) is 0 Å². The van der Waals surface area contributed by atoms with Gasteiger partial charge in [0.2, 0.25) is 6.23 Å². The molecule has 114 valence electrons. The molecule has 1 aliphatic rings. The summed E-state index contributed by atoms with van der Waals surface area (Å²) in [7, 11) is 3.04. The summed E-state index contributed by atoms with van der Waals surface area (Å²) in [5, 5.41) is 3.25. The molecule has 0 unspecified atom stereocenters. The fourth-order valence-electron chi connectivity index (χ4n) is 2.58. The van der Waals surface area contributed by atoms with E-state index in [1.807, 2.05) is 37.3 Å². The number of cyclic esters (lactones) is 1. The van der Waals surface area contributed by atoms with Gasteiger partial charge in [-0.3, -0.25) is 0 Å². The van der Waals surface area contributed by atoms with E-state index in [1.54, 1.807) is 6.07 Å². The topological polar surface area (TPSA) is 56.8 Å². The third-order valence-electron chi connectivity index (χ3n) is 3.72. The maximum absolute atomic E-state index is 12.2. The van der Waals surface area contributed by atoms with Gasteiger partial charge in [0, 0.05) is 11.3 Å². The number of hydrogen-bond acceptors (Lipinski definition) is 5. The van der Waals surface area contributed by atoms with Gasteiger partial charge in [-0.15, -0.1) is 0 Å². The van der Waals surface area contributed by atoms with E-state index < -0.39 is 12.2 Å². The fraction of sp³-hybridized carbons (Fsp3) is 0.235. The lowest BCUT2D eigenvalue weighted by molar-refractivity contribution is 0.0435. The van der Waals surface area contributed by atoms with Crippen molar-refractivity contribution in [2.24, 2.45) is 0 Å². The minimum Gasteiger partial charge on any atom is -0.493 e. The summed E-state index contributed by atoms with van der Waals surface area (Å²) >= 11 is 0. The molecule has 0 radical (unpaired) electrons. The molecule has 1 N–H and O–H groups in total. The quantitative estimate of drug-likeness (QED) is 0.878. The Bertz CT molecular complexity index is 727. The summed E-state index contributed by atoms with van der Waals surface area (Å²) in [4.78, 5) is 12.2. The Morgan fingerprint density at radius 2 is 1.86 bits per heavy atom. The lowest BCUT2D eigenvalue weighted by Crippen LogP contribution is -2.11. The van der Waals surface area contributed by atoms with Crippen LogP contribution in [-0.2, 0) is 4.74 Å². The van der Waals surface area contributed by atoms with E-state index in [1.165, 1.54) is 14.2 Å². The van der Waals surface area contributed by atoms with Crippen molar-refractivity contribution in [3.63, 3.8) is 0 Å². The Labute approximate surface area is 128 Å². The van der Waals surface area contributed by atoms with Crippen molar-refractivity contribution in [1.82, 2.24) is 0 Å². The number of para-hydroxylation sites is 1. The van der Waals surface area contributed by atoms with Gasteiger partial charge in [0.25, 0.3) is 0 Å². The third-order valence-corrected chi connectivity index (χ3v) is 3.72. The number of esters is 1. The first-order valence-corrected chi connectivity index (χ1v) is 6.93. The minimum absolute atomic E-state index is 0.402. The summed E-state index contributed by atoms with van der Waals surface area (Å²) in [5.74, 6) is 0.491. The average Bonchev–Trinajstić information content (AvgIpc) is 2.85. The number of aryl methyl sites for hydroxylation is 1. The predicted molar refractivity (Wildman–Crippen MR) is 82.5 cm³/mol. The summed E-state index contributed by atoms with van der Waals surface area (Å²) < 4.78 is 16.0. The summed E-state index contributed by atoms with van der Waals surface area (Å²) in [6, 6.07) is 11.4. The largest absolute Gasteiger partial charge is 0.493 e. The van der Waals surface area contributed by atoms with Crippen LogP contribution in [0.15, 0.2) is 36.4 Å². The number of benzene rings is 2.